The summed E-state index contributed by atoms with van der Waals surface area (Å²) in [4.78, 5) is 220. The van der Waals surface area contributed by atoms with Gasteiger partial charge in [-0.3, -0.25) is 76.7 Å². The van der Waals surface area contributed by atoms with E-state index in [1.54, 1.807) is 19.9 Å². The smallest absolute Gasteiger partial charge is 0.308 e. The van der Waals surface area contributed by atoms with Gasteiger partial charge in [-0.05, 0) is 84.6 Å². The molecule has 12 unspecified atom stereocenters. The summed E-state index contributed by atoms with van der Waals surface area (Å²) in [6, 6.07) is -17.8. The first-order chi connectivity index (χ1) is 43.8. The van der Waals surface area contributed by atoms with E-state index in [-0.39, 0.29) is 51.6 Å². The van der Waals surface area contributed by atoms with E-state index in [9.17, 15) is 87.2 Å². The molecule has 93 heavy (non-hydrogen) atoms. The van der Waals surface area contributed by atoms with Crippen molar-refractivity contribution in [3.05, 3.63) is 12.2 Å². The molecule has 3 aliphatic rings. The van der Waals surface area contributed by atoms with Gasteiger partial charge in [-0.25, -0.2) is 0 Å². The molecular weight excluding hydrogens is 1220 g/mol. The van der Waals surface area contributed by atoms with E-state index in [4.69, 9.17) is 5.73 Å². The minimum Gasteiger partial charge on any atom is -0.481 e. The van der Waals surface area contributed by atoms with Gasteiger partial charge >= 0.3 is 17.9 Å². The van der Waals surface area contributed by atoms with Crippen LogP contribution >= 0.6 is 0 Å². The Morgan fingerprint density at radius 2 is 1.13 bits per heavy atom. The molecule has 0 spiro atoms. The second-order valence-corrected chi connectivity index (χ2v) is 24.5. The van der Waals surface area contributed by atoms with E-state index in [1.165, 1.54) is 25.8 Å². The minimum atomic E-state index is -2.13. The fourth-order valence-corrected chi connectivity index (χ4v) is 10.7. The number of likely N-dealkylation sites (N-methyl/N-ethyl adjacent to an activating group) is 1. The van der Waals surface area contributed by atoms with Gasteiger partial charge in [-0.1, -0.05) is 72.0 Å². The molecule has 33 heteroatoms. The van der Waals surface area contributed by atoms with Gasteiger partial charge in [0.1, 0.15) is 54.4 Å². The third kappa shape index (κ3) is 26.0. The summed E-state index contributed by atoms with van der Waals surface area (Å²) in [6.07, 6.45) is 7.78. The Balaban J connectivity index is 2.17. The number of carbonyl (C=O) groups is 16. The van der Waals surface area contributed by atoms with Gasteiger partial charge in [0, 0.05) is 25.6 Å². The molecule has 0 bridgehead atoms. The van der Waals surface area contributed by atoms with Gasteiger partial charge in [0.2, 0.25) is 76.8 Å². The summed E-state index contributed by atoms with van der Waals surface area (Å²) in [5.74, 6) is -20.8. The van der Waals surface area contributed by atoms with Crippen molar-refractivity contribution in [1.82, 2.24) is 68.3 Å². The van der Waals surface area contributed by atoms with Gasteiger partial charge < -0.3 is 89.3 Å². The molecule has 0 aromatic rings. The van der Waals surface area contributed by atoms with Crippen LogP contribution in [0.4, 0.5) is 0 Å². The lowest BCUT2D eigenvalue weighted by Crippen LogP contribution is -2.66. The Hall–Kier alpha value is -8.78. The van der Waals surface area contributed by atoms with Crippen LogP contribution in [0.2, 0.25) is 0 Å². The van der Waals surface area contributed by atoms with Crippen molar-refractivity contribution in [2.24, 2.45) is 23.5 Å². The van der Waals surface area contributed by atoms with Crippen LogP contribution in [0, 0.1) is 17.8 Å². The number of nitrogens with zero attached hydrogens (tertiary/aromatic N) is 2. The Morgan fingerprint density at radius 3 is 1.70 bits per heavy atom. The third-order valence-corrected chi connectivity index (χ3v) is 16.2. The van der Waals surface area contributed by atoms with Crippen molar-refractivity contribution in [1.29, 1.82) is 0 Å². The lowest BCUT2D eigenvalue weighted by molar-refractivity contribution is -0.149. The molecule has 0 aliphatic carbocycles. The average Bonchev–Trinajstić information content (AvgIpc) is 1.75. The van der Waals surface area contributed by atoms with E-state index in [1.807, 2.05) is 11.4 Å². The highest BCUT2D eigenvalue weighted by atomic mass is 16.4. The number of unbranched alkanes of at least 4 members (excludes halogenated alkanes) is 5. The topological polar surface area (TPSA) is 499 Å². The zero-order chi connectivity index (χ0) is 69.8. The van der Waals surface area contributed by atoms with Crippen LogP contribution in [0.25, 0.3) is 0 Å². The molecule has 520 valence electrons. The molecular formula is C60H96N14O19. The maximum atomic E-state index is 15.3. The number of fused-ring (bicyclic) bond motifs is 2. The van der Waals surface area contributed by atoms with E-state index in [0.29, 0.717) is 12.3 Å². The van der Waals surface area contributed by atoms with E-state index in [2.05, 4.69) is 67.0 Å². The number of primary amides is 1. The average molecular weight is 1320 g/mol. The number of hydrogen-bond acceptors (Lipinski definition) is 17. The first kappa shape index (κ1) is 78.5. The molecule has 3 fully saturated rings. The largest absolute Gasteiger partial charge is 0.481 e. The monoisotopic (exact) mass is 1320 g/mol. The van der Waals surface area contributed by atoms with Gasteiger partial charge in [0.15, 0.2) is 0 Å². The van der Waals surface area contributed by atoms with E-state index >= 15 is 4.79 Å². The highest BCUT2D eigenvalue weighted by Gasteiger charge is 2.45. The lowest BCUT2D eigenvalue weighted by Gasteiger charge is -2.39. The first-order valence-electron chi connectivity index (χ1n) is 31.6. The number of nitrogens with one attached hydrogen (secondary N) is 11. The molecule has 3 saturated heterocycles. The maximum Gasteiger partial charge on any atom is 0.308 e. The molecule has 16 N–H and O–H groups in total. The number of rotatable bonds is 24. The van der Waals surface area contributed by atoms with Gasteiger partial charge in [0.25, 0.3) is 0 Å². The summed E-state index contributed by atoms with van der Waals surface area (Å²) in [7, 11) is 1.46. The second kappa shape index (κ2) is 38.9. The second-order valence-electron chi connectivity index (χ2n) is 24.5. The van der Waals surface area contributed by atoms with Crippen molar-refractivity contribution in [2.45, 2.75) is 218 Å². The summed E-state index contributed by atoms with van der Waals surface area (Å²) in [5.41, 5.74) is 5.57. The highest BCUT2D eigenvalue weighted by Crippen LogP contribution is 2.24. The summed E-state index contributed by atoms with van der Waals surface area (Å²) < 4.78 is 0. The molecule has 33 nitrogen and oxygen atoms in total. The number of allylic oxidation sites excluding steroid dienone is 1. The minimum absolute atomic E-state index is 0.0149. The summed E-state index contributed by atoms with van der Waals surface area (Å²) in [5, 5.41) is 55.8. The quantitative estimate of drug-likeness (QED) is 0.0332. The normalized spacial score (nSPS) is 25.0. The molecule has 13 amide bonds. The first-order valence-corrected chi connectivity index (χ1v) is 31.6. The van der Waals surface area contributed by atoms with E-state index < -0.39 is 205 Å². The zero-order valence-corrected chi connectivity index (χ0v) is 54.2. The lowest BCUT2D eigenvalue weighted by atomic mass is 9.96. The van der Waals surface area contributed by atoms with Gasteiger partial charge in [-0.2, -0.15) is 0 Å². The fourth-order valence-electron chi connectivity index (χ4n) is 10.7. The number of carboxylic acid groups (broad SMARTS) is 3. The van der Waals surface area contributed by atoms with Crippen molar-refractivity contribution < 1.29 is 92.0 Å². The van der Waals surface area contributed by atoms with Crippen LogP contribution in [0.1, 0.15) is 151 Å². The third-order valence-electron chi connectivity index (χ3n) is 16.2. The molecule has 0 aromatic carbocycles. The number of carboxylic acids is 3. The van der Waals surface area contributed by atoms with Crippen LogP contribution < -0.4 is 64.2 Å². The van der Waals surface area contributed by atoms with Crippen molar-refractivity contribution in [3.8, 4) is 0 Å². The number of piperidine rings is 1. The maximum absolute atomic E-state index is 15.3. The molecule has 0 aromatic heterocycles. The predicted octanol–water partition coefficient (Wildman–Crippen LogP) is -3.35. The number of carbonyl (C=O) groups excluding carboxylic acids is 13. The molecule has 0 radical (unpaired) electrons. The molecule has 3 heterocycles. The fraction of sp³-hybridized carbons (Fsp3) is 0.700. The molecule has 12 atom stereocenters. The Kier molecular flexibility index (Phi) is 32.8. The van der Waals surface area contributed by atoms with E-state index in [0.717, 1.165) is 50.3 Å². The number of amides is 13. The number of nitrogens with two attached hydrogens (primary N) is 1. The summed E-state index contributed by atoms with van der Waals surface area (Å²) >= 11 is 0. The standard InChI is InChI=1S/C60H96N14O19/c1-31(2)20-15-13-11-9-10-12-14-16-23-42(76)66-36(26-41(61)75)53(85)72-50-35(7)65-54(86)40-22-19-25-74(40)58(90)47(32(3)4)70-57(89)49(34(6)62-8)69-44(78)30-64-51(83)37(27-45(79)80)67-43(77)29-63-52(84)38(28-46(81)82)68-56(88)48(33(5)60(92)93)71-55(87)39-21-17-18-24-73(39)59(50)91/h14,16,31-40,47-50,62H,9-13,15,17-30H2,1-8H3,(H2,61,75)(H,63,84)(H,64,83)(H,65,86)(H,66,76)(H,67,77)(H,68,88)(H,69,78)(H,70,89)(H,71,87)(H,72,85)(H,79,80)(H,81,82)(H,92,93). The zero-order valence-electron chi connectivity index (χ0n) is 54.2. The van der Waals surface area contributed by atoms with Crippen LogP contribution in [0.15, 0.2) is 12.2 Å². The van der Waals surface area contributed by atoms with Crippen molar-refractivity contribution >= 4 is 94.7 Å². The van der Waals surface area contributed by atoms with Crippen LogP contribution in [-0.2, 0) is 76.7 Å². The van der Waals surface area contributed by atoms with Crippen LogP contribution in [-0.4, -0.2) is 220 Å². The molecule has 3 aliphatic heterocycles. The number of aliphatic carboxylic acids is 3. The van der Waals surface area contributed by atoms with Crippen molar-refractivity contribution in [3.63, 3.8) is 0 Å². The van der Waals surface area contributed by atoms with Crippen LogP contribution in [0.3, 0.4) is 0 Å². The molecule has 3 rings (SSSR count). The summed E-state index contributed by atoms with van der Waals surface area (Å²) in [6.45, 7) is 9.10. The highest BCUT2D eigenvalue weighted by molar-refractivity contribution is 6.01. The molecule has 0 saturated carbocycles. The SMILES string of the molecule is CNC(C)C1NC(=O)CNC(=O)C(CC(=O)O)NC(=O)CNC(=O)C(CC(=O)O)NC(=O)C(C(C)C(=O)O)NC(=O)C2CCCCN2C(=O)C(NC(=O)C(CC(N)=O)NC(=O)CC=CCCCCCCCC(C)C)C(C)NC(=O)C2CCCN2C(=O)C(C(C)C)NC1=O. The van der Waals surface area contributed by atoms with Crippen molar-refractivity contribution in [2.75, 3.05) is 33.2 Å². The Labute approximate surface area is 539 Å². The predicted molar refractivity (Wildman–Crippen MR) is 331 cm³/mol. The number of hydrogen-bond donors (Lipinski definition) is 15. The Morgan fingerprint density at radius 1 is 0.602 bits per heavy atom. The Bertz CT molecular complexity index is 2740. The van der Waals surface area contributed by atoms with Crippen LogP contribution in [0.5, 0.6) is 0 Å². The van der Waals surface area contributed by atoms with Gasteiger partial charge in [0.05, 0.1) is 44.3 Å². The van der Waals surface area contributed by atoms with Gasteiger partial charge in [-0.15, -0.1) is 0 Å².